The molecular weight excluding hydrogens is 445 g/mol. The Morgan fingerprint density at radius 3 is 2.32 bits per heavy atom. The van der Waals surface area contributed by atoms with Gasteiger partial charge in [-0.2, -0.15) is 0 Å². The molecule has 4 rings (SSSR count). The van der Waals surface area contributed by atoms with Crippen LogP contribution in [0.25, 0.3) is 5.76 Å². The molecule has 0 saturated carbocycles. The van der Waals surface area contributed by atoms with Gasteiger partial charge in [-0.1, -0.05) is 6.07 Å². The molecule has 1 atom stereocenters. The Kier molecular flexibility index (Phi) is 6.27. The number of hydrogen-bond acceptors (Lipinski definition) is 7. The molecule has 1 aliphatic heterocycles. The number of rotatable bonds is 7. The molecule has 1 N–H and O–H groups in total. The SMILES string of the molecule is COc1ccc(/C(O)=C2/C(=O)C(=O)N(Cc3ccco3)C2c2ccc(OC)c(OC)c2)cc1F. The van der Waals surface area contributed by atoms with Gasteiger partial charge in [-0.05, 0) is 48.0 Å². The number of aliphatic hydroxyl groups excluding tert-OH is 1. The van der Waals surface area contributed by atoms with E-state index in [9.17, 15) is 19.1 Å². The van der Waals surface area contributed by atoms with Crippen LogP contribution in [0.15, 0.2) is 64.8 Å². The number of methoxy groups -OCH3 is 3. The van der Waals surface area contributed by atoms with E-state index >= 15 is 0 Å². The van der Waals surface area contributed by atoms with Gasteiger partial charge in [0.25, 0.3) is 11.7 Å². The van der Waals surface area contributed by atoms with Gasteiger partial charge in [-0.3, -0.25) is 9.59 Å². The molecule has 8 nitrogen and oxygen atoms in total. The molecule has 9 heteroatoms. The predicted molar refractivity (Wildman–Crippen MR) is 119 cm³/mol. The fourth-order valence-corrected chi connectivity index (χ4v) is 3.95. The van der Waals surface area contributed by atoms with E-state index in [1.165, 1.54) is 44.6 Å². The normalized spacial score (nSPS) is 17.2. The van der Waals surface area contributed by atoms with Crippen molar-refractivity contribution in [2.24, 2.45) is 0 Å². The van der Waals surface area contributed by atoms with Crippen molar-refractivity contribution in [3.05, 3.63) is 83.1 Å². The summed E-state index contributed by atoms with van der Waals surface area (Å²) in [6, 6.07) is 11.0. The summed E-state index contributed by atoms with van der Waals surface area (Å²) in [7, 11) is 4.26. The quantitative estimate of drug-likeness (QED) is 0.318. The highest BCUT2D eigenvalue weighted by Crippen LogP contribution is 2.43. The van der Waals surface area contributed by atoms with E-state index in [4.69, 9.17) is 18.6 Å². The predicted octanol–water partition coefficient (Wildman–Crippen LogP) is 4.07. The van der Waals surface area contributed by atoms with Gasteiger partial charge in [0.2, 0.25) is 0 Å². The Labute approximate surface area is 194 Å². The van der Waals surface area contributed by atoms with E-state index in [1.54, 1.807) is 30.3 Å². The van der Waals surface area contributed by atoms with Crippen LogP contribution in [0.1, 0.15) is 22.9 Å². The molecule has 2 heterocycles. The molecule has 0 bridgehead atoms. The van der Waals surface area contributed by atoms with Crippen LogP contribution >= 0.6 is 0 Å². The second-order valence-corrected chi connectivity index (χ2v) is 7.47. The number of carbonyl (C=O) groups is 2. The van der Waals surface area contributed by atoms with Crippen molar-refractivity contribution in [2.75, 3.05) is 21.3 Å². The monoisotopic (exact) mass is 467 g/mol. The Morgan fingerprint density at radius 2 is 1.71 bits per heavy atom. The third-order valence-electron chi connectivity index (χ3n) is 5.59. The van der Waals surface area contributed by atoms with E-state index in [2.05, 4.69) is 0 Å². The minimum Gasteiger partial charge on any atom is -0.507 e. The maximum atomic E-state index is 14.3. The van der Waals surface area contributed by atoms with Gasteiger partial charge in [-0.25, -0.2) is 4.39 Å². The summed E-state index contributed by atoms with van der Waals surface area (Å²) in [5, 5.41) is 11.1. The molecule has 0 radical (unpaired) electrons. The van der Waals surface area contributed by atoms with Crippen LogP contribution in [0.2, 0.25) is 0 Å². The number of hydrogen-bond donors (Lipinski definition) is 1. The zero-order chi connectivity index (χ0) is 24.4. The molecule has 1 saturated heterocycles. The van der Waals surface area contributed by atoms with Gasteiger partial charge < -0.3 is 28.6 Å². The average Bonchev–Trinajstić information content (AvgIpc) is 3.45. The second-order valence-electron chi connectivity index (χ2n) is 7.47. The minimum absolute atomic E-state index is 0.0220. The average molecular weight is 467 g/mol. The number of nitrogens with zero attached hydrogens (tertiary/aromatic N) is 1. The summed E-state index contributed by atoms with van der Waals surface area (Å²) in [6.07, 6.45) is 1.46. The number of Topliss-reactive ketones (excluding diaryl/α,β-unsaturated/α-hetero) is 1. The third-order valence-corrected chi connectivity index (χ3v) is 5.59. The van der Waals surface area contributed by atoms with Crippen LogP contribution < -0.4 is 14.2 Å². The summed E-state index contributed by atoms with van der Waals surface area (Å²) in [5.41, 5.74) is 0.326. The lowest BCUT2D eigenvalue weighted by atomic mass is 9.95. The molecular formula is C25H22FNO7. The first-order valence-corrected chi connectivity index (χ1v) is 10.3. The van der Waals surface area contributed by atoms with Crippen LogP contribution in [0.4, 0.5) is 4.39 Å². The fraction of sp³-hybridized carbons (Fsp3) is 0.200. The molecule has 3 aromatic rings. The van der Waals surface area contributed by atoms with E-state index in [0.717, 1.165) is 6.07 Å². The summed E-state index contributed by atoms with van der Waals surface area (Å²) >= 11 is 0. The van der Waals surface area contributed by atoms with Crippen molar-refractivity contribution >= 4 is 17.4 Å². The van der Waals surface area contributed by atoms with E-state index in [-0.39, 0.29) is 23.4 Å². The first kappa shape index (κ1) is 22.9. The smallest absolute Gasteiger partial charge is 0.296 e. The van der Waals surface area contributed by atoms with Gasteiger partial charge in [0.1, 0.15) is 11.5 Å². The summed E-state index contributed by atoms with van der Waals surface area (Å²) in [4.78, 5) is 27.4. The van der Waals surface area contributed by atoms with Crippen molar-refractivity contribution in [1.29, 1.82) is 0 Å². The van der Waals surface area contributed by atoms with Crippen LogP contribution in [-0.4, -0.2) is 43.0 Å². The number of aliphatic hydroxyl groups is 1. The zero-order valence-corrected chi connectivity index (χ0v) is 18.7. The van der Waals surface area contributed by atoms with Gasteiger partial charge in [-0.15, -0.1) is 0 Å². The third kappa shape index (κ3) is 3.96. The Bertz CT molecular complexity index is 1270. The van der Waals surface area contributed by atoms with Crippen molar-refractivity contribution in [1.82, 2.24) is 4.90 Å². The van der Waals surface area contributed by atoms with Gasteiger partial charge in [0, 0.05) is 5.56 Å². The molecule has 1 aliphatic rings. The molecule has 1 aromatic heterocycles. The van der Waals surface area contributed by atoms with E-state index < -0.39 is 29.3 Å². The summed E-state index contributed by atoms with van der Waals surface area (Å²) < 4.78 is 35.3. The Balaban J connectivity index is 1.89. The van der Waals surface area contributed by atoms with E-state index in [0.29, 0.717) is 22.8 Å². The fourth-order valence-electron chi connectivity index (χ4n) is 3.95. The highest BCUT2D eigenvalue weighted by molar-refractivity contribution is 6.46. The molecule has 176 valence electrons. The number of benzene rings is 2. The Morgan fingerprint density at radius 1 is 1.00 bits per heavy atom. The number of ether oxygens (including phenoxy) is 3. The molecule has 1 unspecified atom stereocenters. The lowest BCUT2D eigenvalue weighted by Gasteiger charge is -2.25. The van der Waals surface area contributed by atoms with E-state index in [1.807, 2.05) is 0 Å². The molecule has 1 fully saturated rings. The minimum atomic E-state index is -0.991. The summed E-state index contributed by atoms with van der Waals surface area (Å²) in [6.45, 7) is -0.0235. The van der Waals surface area contributed by atoms with Crippen LogP contribution in [-0.2, 0) is 16.1 Å². The largest absolute Gasteiger partial charge is 0.507 e. The zero-order valence-electron chi connectivity index (χ0n) is 18.7. The first-order valence-electron chi connectivity index (χ1n) is 10.3. The van der Waals surface area contributed by atoms with Gasteiger partial charge in [0.05, 0.1) is 45.8 Å². The molecule has 2 aromatic carbocycles. The standard InChI is InChI=1S/C25H22FNO7/c1-31-18-8-7-15(11-17(18)26)23(28)21-22(14-6-9-19(32-2)20(12-14)33-3)27(25(30)24(21)29)13-16-5-4-10-34-16/h4-12,22,28H,13H2,1-3H3/b23-21-. The highest BCUT2D eigenvalue weighted by Gasteiger charge is 2.46. The number of furan rings is 1. The molecule has 1 amide bonds. The van der Waals surface area contributed by atoms with Crippen LogP contribution in [0.3, 0.4) is 0 Å². The molecule has 0 spiro atoms. The Hall–Kier alpha value is -4.27. The van der Waals surface area contributed by atoms with Crippen molar-refractivity contribution in [3.63, 3.8) is 0 Å². The lowest BCUT2D eigenvalue weighted by molar-refractivity contribution is -0.140. The molecule has 34 heavy (non-hydrogen) atoms. The van der Waals surface area contributed by atoms with Crippen LogP contribution in [0, 0.1) is 5.82 Å². The number of amides is 1. The van der Waals surface area contributed by atoms with Gasteiger partial charge >= 0.3 is 0 Å². The topological polar surface area (TPSA) is 98.4 Å². The number of likely N-dealkylation sites (tertiary alicyclic amines) is 1. The highest BCUT2D eigenvalue weighted by atomic mass is 19.1. The lowest BCUT2D eigenvalue weighted by Crippen LogP contribution is -2.29. The number of carbonyl (C=O) groups excluding carboxylic acids is 2. The first-order chi connectivity index (χ1) is 16.4. The van der Waals surface area contributed by atoms with Crippen molar-refractivity contribution < 1.29 is 37.7 Å². The maximum Gasteiger partial charge on any atom is 0.296 e. The second kappa shape index (κ2) is 9.30. The van der Waals surface area contributed by atoms with Crippen molar-refractivity contribution in [2.45, 2.75) is 12.6 Å². The van der Waals surface area contributed by atoms with Crippen molar-refractivity contribution in [3.8, 4) is 17.2 Å². The van der Waals surface area contributed by atoms with Crippen LogP contribution in [0.5, 0.6) is 17.2 Å². The van der Waals surface area contributed by atoms with Gasteiger partial charge in [0.15, 0.2) is 23.1 Å². The summed E-state index contributed by atoms with van der Waals surface area (Å²) in [5.74, 6) is -1.72. The maximum absolute atomic E-state index is 14.3. The number of ketones is 1. The number of halogens is 1. The molecule has 0 aliphatic carbocycles.